The van der Waals surface area contributed by atoms with E-state index in [0.29, 0.717) is 12.3 Å². The Hall–Kier alpha value is -2.06. The van der Waals surface area contributed by atoms with Gasteiger partial charge in [0.15, 0.2) is 6.61 Å². The standard InChI is InChI=1S/C14H19N3O2/c1-11(14(18)17(2)3)16-10-12-4-6-13(7-5-12)19-9-8-15/h4-7,11,16H,9-10H2,1-3H3. The van der Waals surface area contributed by atoms with Crippen molar-refractivity contribution in [3.05, 3.63) is 29.8 Å². The van der Waals surface area contributed by atoms with E-state index in [0.717, 1.165) is 5.56 Å². The molecular weight excluding hydrogens is 242 g/mol. The van der Waals surface area contributed by atoms with Crippen molar-refractivity contribution in [3.63, 3.8) is 0 Å². The van der Waals surface area contributed by atoms with Crippen LogP contribution in [-0.4, -0.2) is 37.6 Å². The largest absolute Gasteiger partial charge is 0.479 e. The van der Waals surface area contributed by atoms with Gasteiger partial charge in [-0.05, 0) is 24.6 Å². The summed E-state index contributed by atoms with van der Waals surface area (Å²) in [7, 11) is 3.48. The predicted molar refractivity (Wildman–Crippen MR) is 72.5 cm³/mol. The molecule has 5 nitrogen and oxygen atoms in total. The number of amides is 1. The van der Waals surface area contributed by atoms with Gasteiger partial charge in [0.05, 0.1) is 6.04 Å². The first kappa shape index (κ1) is 15.0. The average molecular weight is 261 g/mol. The minimum Gasteiger partial charge on any atom is -0.479 e. The van der Waals surface area contributed by atoms with Crippen molar-refractivity contribution in [1.82, 2.24) is 10.2 Å². The van der Waals surface area contributed by atoms with Crippen LogP contribution in [0, 0.1) is 11.3 Å². The van der Waals surface area contributed by atoms with E-state index in [-0.39, 0.29) is 18.6 Å². The second kappa shape index (κ2) is 7.39. The van der Waals surface area contributed by atoms with E-state index >= 15 is 0 Å². The van der Waals surface area contributed by atoms with E-state index in [1.54, 1.807) is 19.0 Å². The molecule has 0 saturated carbocycles. The van der Waals surface area contributed by atoms with Crippen molar-refractivity contribution >= 4 is 5.91 Å². The fraction of sp³-hybridized carbons (Fsp3) is 0.429. The third kappa shape index (κ3) is 4.98. The number of carbonyl (C=O) groups is 1. The van der Waals surface area contributed by atoms with Crippen LogP contribution in [-0.2, 0) is 11.3 Å². The van der Waals surface area contributed by atoms with E-state index in [1.807, 2.05) is 37.3 Å². The van der Waals surface area contributed by atoms with Crippen molar-refractivity contribution in [2.45, 2.75) is 19.5 Å². The molecular formula is C14H19N3O2. The van der Waals surface area contributed by atoms with Crippen LogP contribution in [0.4, 0.5) is 0 Å². The summed E-state index contributed by atoms with van der Waals surface area (Å²) in [6.07, 6.45) is 0. The molecule has 0 bridgehead atoms. The number of carbonyl (C=O) groups excluding carboxylic acids is 1. The van der Waals surface area contributed by atoms with Gasteiger partial charge in [-0.3, -0.25) is 4.79 Å². The minimum atomic E-state index is -0.218. The molecule has 0 saturated heterocycles. The van der Waals surface area contributed by atoms with Crippen molar-refractivity contribution in [1.29, 1.82) is 5.26 Å². The van der Waals surface area contributed by atoms with E-state index in [2.05, 4.69) is 5.32 Å². The molecule has 1 amide bonds. The maximum atomic E-state index is 11.6. The van der Waals surface area contributed by atoms with Crippen molar-refractivity contribution < 1.29 is 9.53 Å². The normalized spacial score (nSPS) is 11.5. The fourth-order valence-corrected chi connectivity index (χ4v) is 1.56. The predicted octanol–water partition coefficient (Wildman–Crippen LogP) is 1.16. The molecule has 1 atom stereocenters. The van der Waals surface area contributed by atoms with Crippen molar-refractivity contribution in [2.24, 2.45) is 0 Å². The number of hydrogen-bond donors (Lipinski definition) is 1. The first-order valence-electron chi connectivity index (χ1n) is 6.08. The maximum absolute atomic E-state index is 11.6. The van der Waals surface area contributed by atoms with Crippen LogP contribution in [0.3, 0.4) is 0 Å². The third-order valence-corrected chi connectivity index (χ3v) is 2.65. The van der Waals surface area contributed by atoms with Crippen LogP contribution in [0.15, 0.2) is 24.3 Å². The zero-order valence-corrected chi connectivity index (χ0v) is 11.5. The van der Waals surface area contributed by atoms with E-state index < -0.39 is 0 Å². The van der Waals surface area contributed by atoms with Crippen LogP contribution in [0.1, 0.15) is 12.5 Å². The van der Waals surface area contributed by atoms with Crippen molar-refractivity contribution in [3.8, 4) is 11.8 Å². The van der Waals surface area contributed by atoms with E-state index in [9.17, 15) is 4.79 Å². The van der Waals surface area contributed by atoms with Gasteiger partial charge in [-0.2, -0.15) is 5.26 Å². The summed E-state index contributed by atoms with van der Waals surface area (Å²) in [5.74, 6) is 0.719. The highest BCUT2D eigenvalue weighted by Gasteiger charge is 2.13. The summed E-state index contributed by atoms with van der Waals surface area (Å²) in [6, 6.07) is 9.14. The van der Waals surface area contributed by atoms with Gasteiger partial charge in [-0.15, -0.1) is 0 Å². The number of likely N-dealkylation sites (N-methyl/N-ethyl adjacent to an activating group) is 1. The molecule has 19 heavy (non-hydrogen) atoms. The molecule has 1 aromatic carbocycles. The molecule has 0 spiro atoms. The van der Waals surface area contributed by atoms with Gasteiger partial charge in [0.2, 0.25) is 5.91 Å². The average Bonchev–Trinajstić information content (AvgIpc) is 2.42. The zero-order valence-electron chi connectivity index (χ0n) is 11.5. The Morgan fingerprint density at radius 2 is 2.05 bits per heavy atom. The van der Waals surface area contributed by atoms with Gasteiger partial charge < -0.3 is 15.0 Å². The summed E-state index contributed by atoms with van der Waals surface area (Å²) < 4.78 is 5.16. The second-order valence-electron chi connectivity index (χ2n) is 4.43. The zero-order chi connectivity index (χ0) is 14.3. The van der Waals surface area contributed by atoms with Crippen molar-refractivity contribution in [2.75, 3.05) is 20.7 Å². The van der Waals surface area contributed by atoms with E-state index in [1.165, 1.54) is 0 Å². The van der Waals surface area contributed by atoms with Gasteiger partial charge >= 0.3 is 0 Å². The Balaban J connectivity index is 2.46. The lowest BCUT2D eigenvalue weighted by atomic mass is 10.2. The fourth-order valence-electron chi connectivity index (χ4n) is 1.56. The summed E-state index contributed by atoms with van der Waals surface area (Å²) in [5, 5.41) is 11.6. The van der Waals surface area contributed by atoms with Crippen LogP contribution < -0.4 is 10.1 Å². The third-order valence-electron chi connectivity index (χ3n) is 2.65. The Kier molecular flexibility index (Phi) is 5.83. The molecule has 1 aromatic rings. The summed E-state index contributed by atoms with van der Waals surface area (Å²) >= 11 is 0. The van der Waals surface area contributed by atoms with Gasteiger partial charge in [-0.1, -0.05) is 12.1 Å². The van der Waals surface area contributed by atoms with Crippen LogP contribution in [0.5, 0.6) is 5.75 Å². The number of hydrogen-bond acceptors (Lipinski definition) is 4. The van der Waals surface area contributed by atoms with Gasteiger partial charge in [-0.25, -0.2) is 0 Å². The molecule has 0 aliphatic carbocycles. The Morgan fingerprint density at radius 3 is 2.58 bits per heavy atom. The molecule has 1 unspecified atom stereocenters. The Labute approximate surface area is 113 Å². The number of nitrogens with zero attached hydrogens (tertiary/aromatic N) is 2. The summed E-state index contributed by atoms with van der Waals surface area (Å²) in [4.78, 5) is 13.2. The Bertz CT molecular complexity index is 449. The highest BCUT2D eigenvalue weighted by molar-refractivity contribution is 5.80. The SMILES string of the molecule is CC(NCc1ccc(OCC#N)cc1)C(=O)N(C)C. The molecule has 102 valence electrons. The monoisotopic (exact) mass is 261 g/mol. The molecule has 1 N–H and O–H groups in total. The van der Waals surface area contributed by atoms with Crippen LogP contribution in [0.25, 0.3) is 0 Å². The quantitative estimate of drug-likeness (QED) is 0.834. The smallest absolute Gasteiger partial charge is 0.238 e. The van der Waals surface area contributed by atoms with E-state index in [4.69, 9.17) is 10.00 Å². The minimum absolute atomic E-state index is 0.0476. The molecule has 0 aromatic heterocycles. The maximum Gasteiger partial charge on any atom is 0.238 e. The van der Waals surface area contributed by atoms with Gasteiger partial charge in [0, 0.05) is 20.6 Å². The number of ether oxygens (including phenoxy) is 1. The lowest BCUT2D eigenvalue weighted by Crippen LogP contribution is -2.41. The van der Waals surface area contributed by atoms with Gasteiger partial charge in [0.1, 0.15) is 11.8 Å². The molecule has 0 radical (unpaired) electrons. The second-order valence-corrected chi connectivity index (χ2v) is 4.43. The van der Waals surface area contributed by atoms with Crippen LogP contribution in [0.2, 0.25) is 0 Å². The van der Waals surface area contributed by atoms with Gasteiger partial charge in [0.25, 0.3) is 0 Å². The molecule has 0 aliphatic rings. The summed E-state index contributed by atoms with van der Waals surface area (Å²) in [6.45, 7) is 2.50. The summed E-state index contributed by atoms with van der Waals surface area (Å²) in [5.41, 5.74) is 1.06. The molecule has 0 heterocycles. The number of nitrogens with one attached hydrogen (secondary N) is 1. The highest BCUT2D eigenvalue weighted by atomic mass is 16.5. The molecule has 1 rings (SSSR count). The molecule has 0 fully saturated rings. The first-order valence-corrected chi connectivity index (χ1v) is 6.08. The molecule has 5 heteroatoms. The topological polar surface area (TPSA) is 65.4 Å². The first-order chi connectivity index (χ1) is 9.04. The lowest BCUT2D eigenvalue weighted by Gasteiger charge is -2.18. The molecule has 0 aliphatic heterocycles. The number of nitriles is 1. The van der Waals surface area contributed by atoms with Crippen LogP contribution >= 0.6 is 0 Å². The highest BCUT2D eigenvalue weighted by Crippen LogP contribution is 2.12. The lowest BCUT2D eigenvalue weighted by molar-refractivity contribution is -0.130. The number of benzene rings is 1. The number of rotatable bonds is 6. The Morgan fingerprint density at radius 1 is 1.42 bits per heavy atom.